The van der Waals surface area contributed by atoms with E-state index >= 15 is 0 Å². The van der Waals surface area contributed by atoms with Crippen molar-refractivity contribution in [1.29, 1.82) is 0 Å². The lowest BCUT2D eigenvalue weighted by Crippen LogP contribution is -2.26. The molecule has 0 amide bonds. The standard InChI is InChI=1S/C12H13Cl2N.ClH/c13-11-4-5-12(14)10(8-11)9-15-6-2-1-3-7-15;/h1-2,4-5,8H,3,6-7,9H2;1H. The molecule has 0 aromatic heterocycles. The molecule has 0 saturated heterocycles. The third kappa shape index (κ3) is 3.67. The van der Waals surface area contributed by atoms with Gasteiger partial charge in [0.15, 0.2) is 0 Å². The summed E-state index contributed by atoms with van der Waals surface area (Å²) in [7, 11) is 0. The second-order valence-electron chi connectivity index (χ2n) is 3.73. The molecule has 1 nitrogen and oxygen atoms in total. The van der Waals surface area contributed by atoms with Crippen LogP contribution in [0.5, 0.6) is 0 Å². The third-order valence-electron chi connectivity index (χ3n) is 2.54. The minimum absolute atomic E-state index is 0. The Labute approximate surface area is 112 Å². The van der Waals surface area contributed by atoms with Gasteiger partial charge in [-0.2, -0.15) is 0 Å². The Hall–Kier alpha value is -0.210. The van der Waals surface area contributed by atoms with E-state index in [0.717, 1.165) is 41.7 Å². The van der Waals surface area contributed by atoms with Crippen LogP contribution in [0, 0.1) is 0 Å². The first-order valence-electron chi connectivity index (χ1n) is 5.07. The molecular formula is C12H14Cl3N. The summed E-state index contributed by atoms with van der Waals surface area (Å²) in [6.07, 6.45) is 5.54. The average Bonchev–Trinajstić information content (AvgIpc) is 2.25. The van der Waals surface area contributed by atoms with E-state index in [2.05, 4.69) is 17.1 Å². The van der Waals surface area contributed by atoms with Gasteiger partial charge < -0.3 is 0 Å². The van der Waals surface area contributed by atoms with Gasteiger partial charge in [-0.25, -0.2) is 0 Å². The normalized spacial score (nSPS) is 15.9. The van der Waals surface area contributed by atoms with Crippen LogP contribution < -0.4 is 0 Å². The maximum Gasteiger partial charge on any atom is 0.0452 e. The third-order valence-corrected chi connectivity index (χ3v) is 3.15. The molecule has 0 aliphatic carbocycles. The summed E-state index contributed by atoms with van der Waals surface area (Å²) >= 11 is 12.1. The maximum absolute atomic E-state index is 6.11. The van der Waals surface area contributed by atoms with E-state index in [-0.39, 0.29) is 12.4 Å². The number of nitrogens with zero attached hydrogens (tertiary/aromatic N) is 1. The molecule has 88 valence electrons. The molecule has 0 saturated carbocycles. The van der Waals surface area contributed by atoms with Gasteiger partial charge in [0.25, 0.3) is 0 Å². The van der Waals surface area contributed by atoms with E-state index in [0.29, 0.717) is 0 Å². The Kier molecular flexibility index (Phi) is 5.63. The largest absolute Gasteiger partial charge is 0.295 e. The molecule has 0 atom stereocenters. The topological polar surface area (TPSA) is 3.24 Å². The lowest BCUT2D eigenvalue weighted by atomic mass is 10.2. The molecule has 0 unspecified atom stereocenters. The van der Waals surface area contributed by atoms with Crippen LogP contribution in [-0.4, -0.2) is 18.0 Å². The van der Waals surface area contributed by atoms with E-state index < -0.39 is 0 Å². The van der Waals surface area contributed by atoms with Gasteiger partial charge in [-0.3, -0.25) is 4.90 Å². The molecule has 1 aromatic rings. The SMILES string of the molecule is Cl.Clc1ccc(Cl)c(CN2CC=CCC2)c1. The first-order valence-corrected chi connectivity index (χ1v) is 5.82. The van der Waals surface area contributed by atoms with E-state index in [9.17, 15) is 0 Å². The van der Waals surface area contributed by atoms with Crippen molar-refractivity contribution in [2.24, 2.45) is 0 Å². The Bertz CT molecular complexity index is 377. The Morgan fingerprint density at radius 1 is 1.19 bits per heavy atom. The summed E-state index contributed by atoms with van der Waals surface area (Å²) in [6.45, 7) is 2.98. The van der Waals surface area contributed by atoms with Crippen molar-refractivity contribution in [1.82, 2.24) is 4.90 Å². The first-order chi connectivity index (χ1) is 7.25. The zero-order chi connectivity index (χ0) is 10.7. The number of hydrogen-bond acceptors (Lipinski definition) is 1. The summed E-state index contributed by atoms with van der Waals surface area (Å²) in [4.78, 5) is 2.36. The van der Waals surface area contributed by atoms with Gasteiger partial charge in [-0.1, -0.05) is 35.4 Å². The molecule has 0 N–H and O–H groups in total. The summed E-state index contributed by atoms with van der Waals surface area (Å²) in [5, 5.41) is 1.55. The summed E-state index contributed by atoms with van der Waals surface area (Å²) in [5.41, 5.74) is 1.11. The Balaban J connectivity index is 0.00000128. The molecule has 2 rings (SSSR count). The number of rotatable bonds is 2. The van der Waals surface area contributed by atoms with E-state index in [1.807, 2.05) is 18.2 Å². The van der Waals surface area contributed by atoms with Crippen LogP contribution in [0.3, 0.4) is 0 Å². The van der Waals surface area contributed by atoms with Crippen molar-refractivity contribution in [3.05, 3.63) is 46.0 Å². The highest BCUT2D eigenvalue weighted by atomic mass is 35.5. The molecule has 1 aliphatic rings. The van der Waals surface area contributed by atoms with Crippen molar-refractivity contribution in [3.63, 3.8) is 0 Å². The first kappa shape index (κ1) is 13.9. The highest BCUT2D eigenvalue weighted by Crippen LogP contribution is 2.22. The molecule has 0 radical (unpaired) electrons. The Morgan fingerprint density at radius 3 is 2.69 bits per heavy atom. The second kappa shape index (κ2) is 6.51. The lowest BCUT2D eigenvalue weighted by molar-refractivity contribution is 0.291. The average molecular weight is 279 g/mol. The predicted molar refractivity (Wildman–Crippen MR) is 72.7 cm³/mol. The monoisotopic (exact) mass is 277 g/mol. The van der Waals surface area contributed by atoms with Gasteiger partial charge >= 0.3 is 0 Å². The van der Waals surface area contributed by atoms with Gasteiger partial charge in [-0.05, 0) is 30.2 Å². The molecule has 1 aromatic carbocycles. The molecule has 4 heteroatoms. The van der Waals surface area contributed by atoms with Crippen LogP contribution in [0.4, 0.5) is 0 Å². The van der Waals surface area contributed by atoms with Crippen LogP contribution in [0.15, 0.2) is 30.4 Å². The number of halogens is 3. The van der Waals surface area contributed by atoms with Gasteiger partial charge in [0, 0.05) is 29.7 Å². The minimum Gasteiger partial charge on any atom is -0.295 e. The van der Waals surface area contributed by atoms with Crippen LogP contribution in [-0.2, 0) is 6.54 Å². The summed E-state index contributed by atoms with van der Waals surface area (Å²) < 4.78 is 0. The number of hydrogen-bond donors (Lipinski definition) is 0. The van der Waals surface area contributed by atoms with Crippen LogP contribution in [0.2, 0.25) is 10.0 Å². The van der Waals surface area contributed by atoms with Crippen molar-refractivity contribution in [3.8, 4) is 0 Å². The van der Waals surface area contributed by atoms with Crippen LogP contribution in [0.25, 0.3) is 0 Å². The summed E-state index contributed by atoms with van der Waals surface area (Å²) in [6, 6.07) is 5.63. The van der Waals surface area contributed by atoms with Gasteiger partial charge in [-0.15, -0.1) is 12.4 Å². The van der Waals surface area contributed by atoms with E-state index in [1.165, 1.54) is 0 Å². The van der Waals surface area contributed by atoms with E-state index in [1.54, 1.807) is 0 Å². The molecule has 0 bridgehead atoms. The molecule has 16 heavy (non-hydrogen) atoms. The van der Waals surface area contributed by atoms with Crippen molar-refractivity contribution < 1.29 is 0 Å². The molecule has 0 fully saturated rings. The fourth-order valence-electron chi connectivity index (χ4n) is 1.74. The fraction of sp³-hybridized carbons (Fsp3) is 0.333. The summed E-state index contributed by atoms with van der Waals surface area (Å²) in [5.74, 6) is 0. The van der Waals surface area contributed by atoms with Gasteiger partial charge in [0.2, 0.25) is 0 Å². The van der Waals surface area contributed by atoms with Crippen molar-refractivity contribution in [2.75, 3.05) is 13.1 Å². The van der Waals surface area contributed by atoms with Gasteiger partial charge in [0.1, 0.15) is 0 Å². The van der Waals surface area contributed by atoms with Crippen molar-refractivity contribution in [2.45, 2.75) is 13.0 Å². The second-order valence-corrected chi connectivity index (χ2v) is 4.57. The lowest BCUT2D eigenvalue weighted by Gasteiger charge is -2.23. The van der Waals surface area contributed by atoms with E-state index in [4.69, 9.17) is 23.2 Å². The van der Waals surface area contributed by atoms with Gasteiger partial charge in [0.05, 0.1) is 0 Å². The highest BCUT2D eigenvalue weighted by Gasteiger charge is 2.09. The molecule has 1 aliphatic heterocycles. The predicted octanol–water partition coefficient (Wildman–Crippen LogP) is 4.18. The zero-order valence-electron chi connectivity index (χ0n) is 8.83. The van der Waals surface area contributed by atoms with Crippen LogP contribution in [0.1, 0.15) is 12.0 Å². The fourth-order valence-corrected chi connectivity index (χ4v) is 2.11. The maximum atomic E-state index is 6.11. The zero-order valence-corrected chi connectivity index (χ0v) is 11.2. The minimum atomic E-state index is 0. The Morgan fingerprint density at radius 2 is 2.00 bits per heavy atom. The molecular weight excluding hydrogens is 264 g/mol. The highest BCUT2D eigenvalue weighted by molar-refractivity contribution is 6.33. The number of benzene rings is 1. The molecule has 1 heterocycles. The van der Waals surface area contributed by atoms with Crippen molar-refractivity contribution >= 4 is 35.6 Å². The molecule has 0 spiro atoms. The smallest absolute Gasteiger partial charge is 0.0452 e. The quantitative estimate of drug-likeness (QED) is 0.734. The van der Waals surface area contributed by atoms with Crippen LogP contribution >= 0.6 is 35.6 Å².